The van der Waals surface area contributed by atoms with Gasteiger partial charge in [-0.15, -0.1) is 0 Å². The van der Waals surface area contributed by atoms with Crippen LogP contribution in [0.4, 0.5) is 0 Å². The second-order valence-electron chi connectivity index (χ2n) is 5.92. The van der Waals surface area contributed by atoms with Crippen LogP contribution in [0.25, 0.3) is 11.2 Å². The fourth-order valence-corrected chi connectivity index (χ4v) is 3.14. The molecule has 2 aromatic heterocycles. The molecule has 3 rings (SSSR count). The first-order chi connectivity index (χ1) is 11.5. The van der Waals surface area contributed by atoms with Gasteiger partial charge in [0.2, 0.25) is 0 Å². The number of benzene rings is 1. The summed E-state index contributed by atoms with van der Waals surface area (Å²) in [6.45, 7) is 4.34. The highest BCUT2D eigenvalue weighted by Crippen LogP contribution is 2.29. The normalized spacial score (nSPS) is 13.9. The fourth-order valence-electron chi connectivity index (χ4n) is 2.82. The van der Waals surface area contributed by atoms with Gasteiger partial charge in [-0.3, -0.25) is 0 Å². The van der Waals surface area contributed by atoms with Gasteiger partial charge in [0.15, 0.2) is 5.65 Å². The van der Waals surface area contributed by atoms with Crippen molar-refractivity contribution in [2.24, 2.45) is 0 Å². The first-order valence-electron chi connectivity index (χ1n) is 7.83. The average molecular weight is 390 g/mol. The summed E-state index contributed by atoms with van der Waals surface area (Å²) in [4.78, 5) is 9.25. The molecule has 3 aromatic rings. The molecule has 5 nitrogen and oxygen atoms in total. The average Bonchev–Trinajstić information content (AvgIpc) is 2.91. The van der Waals surface area contributed by atoms with Gasteiger partial charge in [-0.05, 0) is 46.6 Å². The summed E-state index contributed by atoms with van der Waals surface area (Å²) in [6, 6.07) is 9.92. The zero-order chi connectivity index (χ0) is 17.3. The number of aliphatic hydroxyl groups excluding tert-OH is 1. The molecule has 2 atom stereocenters. The van der Waals surface area contributed by atoms with E-state index in [2.05, 4.69) is 27.8 Å². The minimum Gasteiger partial charge on any atom is -0.497 e. The molecule has 0 saturated carbocycles. The van der Waals surface area contributed by atoms with Crippen molar-refractivity contribution in [3.8, 4) is 5.75 Å². The number of halogens is 1. The molecule has 0 amide bonds. The van der Waals surface area contributed by atoms with Crippen LogP contribution in [-0.4, -0.2) is 32.9 Å². The van der Waals surface area contributed by atoms with Gasteiger partial charge in [-0.1, -0.05) is 19.1 Å². The molecular formula is C18H20BrN3O2. The van der Waals surface area contributed by atoms with Crippen LogP contribution in [0.1, 0.15) is 31.2 Å². The zero-order valence-electron chi connectivity index (χ0n) is 13.9. The molecule has 24 heavy (non-hydrogen) atoms. The van der Waals surface area contributed by atoms with E-state index in [1.54, 1.807) is 20.2 Å². The van der Waals surface area contributed by atoms with Crippen molar-refractivity contribution < 1.29 is 9.84 Å². The number of ether oxygens (including phenoxy) is 1. The monoisotopic (exact) mass is 389 g/mol. The van der Waals surface area contributed by atoms with Crippen LogP contribution in [0, 0.1) is 0 Å². The maximum atomic E-state index is 9.88. The lowest BCUT2D eigenvalue weighted by Crippen LogP contribution is -2.16. The molecular weight excluding hydrogens is 370 g/mol. The van der Waals surface area contributed by atoms with Gasteiger partial charge in [0.1, 0.15) is 17.1 Å². The fraction of sp³-hybridized carbons (Fsp3) is 0.333. The van der Waals surface area contributed by atoms with Gasteiger partial charge >= 0.3 is 0 Å². The smallest absolute Gasteiger partial charge is 0.160 e. The summed E-state index contributed by atoms with van der Waals surface area (Å²) in [7, 11) is 1.66. The van der Waals surface area contributed by atoms with Crippen LogP contribution in [0.5, 0.6) is 5.75 Å². The topological polar surface area (TPSA) is 60.2 Å². The Bertz CT molecular complexity index is 843. The summed E-state index contributed by atoms with van der Waals surface area (Å²) in [5.41, 5.74) is 2.74. The SMILES string of the molecule is COc1ccc(C(C)c2nc3cc(Br)cnc3n2CC(C)O)cc1. The van der Waals surface area contributed by atoms with E-state index in [-0.39, 0.29) is 5.92 Å². The van der Waals surface area contributed by atoms with E-state index < -0.39 is 6.10 Å². The molecule has 2 unspecified atom stereocenters. The van der Waals surface area contributed by atoms with E-state index in [9.17, 15) is 5.11 Å². The van der Waals surface area contributed by atoms with Crippen molar-refractivity contribution >= 4 is 27.1 Å². The maximum absolute atomic E-state index is 9.88. The van der Waals surface area contributed by atoms with Gasteiger partial charge in [-0.25, -0.2) is 9.97 Å². The third kappa shape index (κ3) is 3.30. The summed E-state index contributed by atoms with van der Waals surface area (Å²) in [5.74, 6) is 1.79. The highest BCUT2D eigenvalue weighted by molar-refractivity contribution is 9.10. The predicted octanol–water partition coefficient (Wildman–Crippen LogP) is 3.74. The van der Waals surface area contributed by atoms with Crippen LogP contribution in [-0.2, 0) is 6.54 Å². The zero-order valence-corrected chi connectivity index (χ0v) is 15.5. The molecule has 126 valence electrons. The predicted molar refractivity (Wildman–Crippen MR) is 97.4 cm³/mol. The van der Waals surface area contributed by atoms with Gasteiger partial charge in [0.05, 0.1) is 19.8 Å². The van der Waals surface area contributed by atoms with Gasteiger partial charge in [-0.2, -0.15) is 0 Å². The number of hydrogen-bond acceptors (Lipinski definition) is 4. The second kappa shape index (κ2) is 6.91. The summed E-state index contributed by atoms with van der Waals surface area (Å²) < 4.78 is 8.11. The van der Waals surface area contributed by atoms with Crippen LogP contribution in [0.2, 0.25) is 0 Å². The first kappa shape index (κ1) is 16.9. The summed E-state index contributed by atoms with van der Waals surface area (Å²) in [5, 5.41) is 9.88. The Labute approximate surface area is 149 Å². The van der Waals surface area contributed by atoms with Crippen molar-refractivity contribution in [1.29, 1.82) is 0 Å². The molecule has 0 radical (unpaired) electrons. The summed E-state index contributed by atoms with van der Waals surface area (Å²) in [6.07, 6.45) is 1.28. The minimum atomic E-state index is -0.477. The molecule has 2 heterocycles. The Morgan fingerprint density at radius 3 is 2.58 bits per heavy atom. The van der Waals surface area contributed by atoms with Crippen molar-refractivity contribution in [3.05, 3.63) is 52.4 Å². The van der Waals surface area contributed by atoms with E-state index >= 15 is 0 Å². The summed E-state index contributed by atoms with van der Waals surface area (Å²) >= 11 is 3.44. The molecule has 0 bridgehead atoms. The van der Waals surface area contributed by atoms with E-state index in [1.807, 2.05) is 34.9 Å². The van der Waals surface area contributed by atoms with Crippen molar-refractivity contribution in [2.75, 3.05) is 7.11 Å². The van der Waals surface area contributed by atoms with E-state index in [0.717, 1.165) is 32.8 Å². The molecule has 0 spiro atoms. The van der Waals surface area contributed by atoms with Gasteiger partial charge in [0.25, 0.3) is 0 Å². The Balaban J connectivity index is 2.08. The molecule has 0 saturated heterocycles. The lowest BCUT2D eigenvalue weighted by Gasteiger charge is -2.16. The maximum Gasteiger partial charge on any atom is 0.160 e. The lowest BCUT2D eigenvalue weighted by molar-refractivity contribution is 0.173. The Hall–Kier alpha value is -1.92. The molecule has 1 N–H and O–H groups in total. The third-order valence-corrected chi connectivity index (χ3v) is 4.46. The molecule has 6 heteroatoms. The molecule has 0 aliphatic rings. The van der Waals surface area contributed by atoms with Crippen LogP contribution in [0.3, 0.4) is 0 Å². The molecule has 0 aliphatic carbocycles. The van der Waals surface area contributed by atoms with Crippen LogP contribution < -0.4 is 4.74 Å². The largest absolute Gasteiger partial charge is 0.497 e. The minimum absolute atomic E-state index is 0.0719. The molecule has 0 aliphatic heterocycles. The number of fused-ring (bicyclic) bond motifs is 1. The van der Waals surface area contributed by atoms with Crippen molar-refractivity contribution in [1.82, 2.24) is 14.5 Å². The lowest BCUT2D eigenvalue weighted by atomic mass is 10.0. The van der Waals surface area contributed by atoms with E-state index in [0.29, 0.717) is 6.54 Å². The van der Waals surface area contributed by atoms with E-state index in [1.165, 1.54) is 0 Å². The van der Waals surface area contributed by atoms with E-state index in [4.69, 9.17) is 9.72 Å². The Kier molecular flexibility index (Phi) is 4.87. The van der Waals surface area contributed by atoms with Crippen molar-refractivity contribution in [2.45, 2.75) is 32.4 Å². The van der Waals surface area contributed by atoms with Crippen molar-refractivity contribution in [3.63, 3.8) is 0 Å². The van der Waals surface area contributed by atoms with Gasteiger partial charge in [0, 0.05) is 16.6 Å². The standard InChI is InChI=1S/C18H20BrN3O2/c1-11(23)10-22-17(21-16-8-14(19)9-20-18(16)22)12(2)13-4-6-15(24-3)7-5-13/h4-9,11-12,23H,10H2,1-3H3. The number of aromatic nitrogens is 3. The van der Waals surface area contributed by atoms with Crippen LogP contribution in [0.15, 0.2) is 41.0 Å². The number of methoxy groups -OCH3 is 1. The number of aliphatic hydroxyl groups is 1. The molecule has 0 fully saturated rings. The first-order valence-corrected chi connectivity index (χ1v) is 8.62. The third-order valence-electron chi connectivity index (χ3n) is 4.03. The Morgan fingerprint density at radius 1 is 1.25 bits per heavy atom. The number of rotatable bonds is 5. The number of pyridine rings is 1. The highest BCUT2D eigenvalue weighted by Gasteiger charge is 2.20. The second-order valence-corrected chi connectivity index (χ2v) is 6.84. The number of imidazole rings is 1. The number of nitrogens with zero attached hydrogens (tertiary/aromatic N) is 3. The quantitative estimate of drug-likeness (QED) is 0.721. The highest BCUT2D eigenvalue weighted by atomic mass is 79.9. The number of hydrogen-bond donors (Lipinski definition) is 1. The van der Waals surface area contributed by atoms with Crippen LogP contribution >= 0.6 is 15.9 Å². The molecule has 1 aromatic carbocycles. The van der Waals surface area contributed by atoms with Gasteiger partial charge < -0.3 is 14.4 Å². The Morgan fingerprint density at radius 2 is 1.96 bits per heavy atom.